The minimum atomic E-state index is 0.166. The van der Waals surface area contributed by atoms with Crippen LogP contribution >= 0.6 is 0 Å². The highest BCUT2D eigenvalue weighted by Gasteiger charge is 2.40. The van der Waals surface area contributed by atoms with Crippen molar-refractivity contribution in [1.29, 1.82) is 0 Å². The van der Waals surface area contributed by atoms with Crippen molar-refractivity contribution in [2.75, 3.05) is 0 Å². The Balaban J connectivity index is 1.70. The van der Waals surface area contributed by atoms with E-state index in [2.05, 4.69) is 83.3 Å². The zero-order valence-electron chi connectivity index (χ0n) is 15.3. The van der Waals surface area contributed by atoms with Crippen LogP contribution in [-0.4, -0.2) is 10.9 Å². The molecule has 1 fully saturated rings. The van der Waals surface area contributed by atoms with Crippen molar-refractivity contribution in [1.82, 2.24) is 0 Å². The molecular weight excluding hydrogens is 332 g/mol. The van der Waals surface area contributed by atoms with E-state index >= 15 is 0 Å². The van der Waals surface area contributed by atoms with E-state index in [-0.39, 0.29) is 18.0 Å². The van der Waals surface area contributed by atoms with Crippen LogP contribution in [0.3, 0.4) is 0 Å². The van der Waals surface area contributed by atoms with Gasteiger partial charge in [0.15, 0.2) is 0 Å². The second-order valence-corrected chi connectivity index (χ2v) is 7.24. The van der Waals surface area contributed by atoms with Gasteiger partial charge in [-0.15, -0.1) is 0 Å². The van der Waals surface area contributed by atoms with Gasteiger partial charge < -0.3 is 10.5 Å². The molecular formula is C24H25N2O+. The fraction of sp³-hybridized carbons (Fsp3) is 0.208. The third-order valence-corrected chi connectivity index (χ3v) is 5.57. The maximum absolute atomic E-state index is 9.84. The van der Waals surface area contributed by atoms with Gasteiger partial charge in [-0.05, 0) is 12.0 Å². The van der Waals surface area contributed by atoms with Crippen molar-refractivity contribution < 1.29 is 10.5 Å². The van der Waals surface area contributed by atoms with Crippen LogP contribution in [0, 0.1) is 5.92 Å². The summed E-state index contributed by atoms with van der Waals surface area (Å²) in [7, 11) is 0. The van der Waals surface area contributed by atoms with Gasteiger partial charge in [-0.25, -0.2) is 0 Å². The smallest absolute Gasteiger partial charge is 0.121 e. The zero-order chi connectivity index (χ0) is 18.5. The topological polar surface area (TPSA) is 49.2 Å². The van der Waals surface area contributed by atoms with E-state index in [0.717, 1.165) is 18.6 Å². The Labute approximate surface area is 160 Å². The molecule has 3 aromatic rings. The lowest BCUT2D eigenvalue weighted by Gasteiger charge is -2.35. The average molecular weight is 357 g/mol. The predicted octanol–water partition coefficient (Wildman–Crippen LogP) is 4.13. The Morgan fingerprint density at radius 2 is 1.33 bits per heavy atom. The van der Waals surface area contributed by atoms with Crippen molar-refractivity contribution in [2.45, 2.75) is 24.9 Å². The van der Waals surface area contributed by atoms with Crippen molar-refractivity contribution in [3.05, 3.63) is 108 Å². The molecule has 0 aromatic heterocycles. The van der Waals surface area contributed by atoms with Gasteiger partial charge in [0.25, 0.3) is 0 Å². The Morgan fingerprint density at radius 1 is 0.778 bits per heavy atom. The zero-order valence-corrected chi connectivity index (χ0v) is 15.3. The van der Waals surface area contributed by atoms with Gasteiger partial charge in [-0.2, -0.15) is 0 Å². The second kappa shape index (κ2) is 8.19. The molecule has 3 heteroatoms. The van der Waals surface area contributed by atoms with Crippen LogP contribution in [0.2, 0.25) is 0 Å². The highest BCUT2D eigenvalue weighted by Crippen LogP contribution is 2.32. The quantitative estimate of drug-likeness (QED) is 0.535. The summed E-state index contributed by atoms with van der Waals surface area (Å²) < 4.78 is 0. The van der Waals surface area contributed by atoms with Gasteiger partial charge in [-0.3, -0.25) is 0 Å². The molecule has 4 rings (SSSR count). The molecule has 3 nitrogen and oxygen atoms in total. The van der Waals surface area contributed by atoms with E-state index in [1.807, 2.05) is 18.2 Å². The van der Waals surface area contributed by atoms with E-state index in [1.165, 1.54) is 16.7 Å². The van der Waals surface area contributed by atoms with Crippen LogP contribution in [0.4, 0.5) is 0 Å². The Bertz CT molecular complexity index is 878. The van der Waals surface area contributed by atoms with Gasteiger partial charge >= 0.3 is 0 Å². The summed E-state index contributed by atoms with van der Waals surface area (Å²) in [5, 5.41) is 16.1. The molecule has 1 saturated heterocycles. The standard InChI is InChI=1S/C24H24N2O/c27-26-23-17-22(19-12-6-2-7-13-19)25-24(20-14-8-3-9-15-20)21(23)16-18-10-4-1-5-11-18/h1-15,21-22,24-25,27H,16-17H2/p+1/t21-,22-,24+/m0/s1. The molecule has 0 unspecified atom stereocenters. The first-order valence-corrected chi connectivity index (χ1v) is 9.55. The molecule has 0 amide bonds. The van der Waals surface area contributed by atoms with Crippen LogP contribution in [-0.2, 0) is 6.42 Å². The molecule has 27 heavy (non-hydrogen) atoms. The maximum Gasteiger partial charge on any atom is 0.121 e. The van der Waals surface area contributed by atoms with Crippen LogP contribution in [0.5, 0.6) is 0 Å². The number of rotatable bonds is 4. The van der Waals surface area contributed by atoms with Gasteiger partial charge in [0.2, 0.25) is 0 Å². The van der Waals surface area contributed by atoms with Gasteiger partial charge in [-0.1, -0.05) is 96.2 Å². The minimum Gasteiger partial charge on any atom is -0.411 e. The summed E-state index contributed by atoms with van der Waals surface area (Å²) in [4.78, 5) is 0. The fourth-order valence-electron chi connectivity index (χ4n) is 4.21. The SMILES string of the molecule is ON=C1C[C@@H](c2ccccc2)[NH2+][C@H](c2ccccc2)[C@H]1Cc1ccccc1. The average Bonchev–Trinajstić information content (AvgIpc) is 2.76. The largest absolute Gasteiger partial charge is 0.411 e. The number of nitrogens with two attached hydrogens (primary N) is 1. The molecule has 0 saturated carbocycles. The number of quaternary nitrogens is 1. The summed E-state index contributed by atoms with van der Waals surface area (Å²) >= 11 is 0. The Hall–Kier alpha value is -2.91. The van der Waals surface area contributed by atoms with Crippen LogP contribution in [0.25, 0.3) is 0 Å². The van der Waals surface area contributed by atoms with E-state index in [9.17, 15) is 5.21 Å². The summed E-state index contributed by atoms with van der Waals surface area (Å²) in [5.41, 5.74) is 4.72. The molecule has 3 aromatic carbocycles. The first-order chi connectivity index (χ1) is 13.3. The van der Waals surface area contributed by atoms with Crippen LogP contribution < -0.4 is 5.32 Å². The van der Waals surface area contributed by atoms with Crippen molar-refractivity contribution in [3.63, 3.8) is 0 Å². The third kappa shape index (κ3) is 3.93. The Kier molecular flexibility index (Phi) is 5.31. The van der Waals surface area contributed by atoms with E-state index in [1.54, 1.807) is 0 Å². The number of hydrogen-bond acceptors (Lipinski definition) is 2. The number of piperidine rings is 1. The van der Waals surface area contributed by atoms with Gasteiger partial charge in [0.1, 0.15) is 12.1 Å². The first kappa shape index (κ1) is 17.5. The molecule has 0 bridgehead atoms. The van der Waals surface area contributed by atoms with Crippen LogP contribution in [0.15, 0.2) is 96.2 Å². The summed E-state index contributed by atoms with van der Waals surface area (Å²) in [5.74, 6) is 0.166. The van der Waals surface area contributed by atoms with Crippen molar-refractivity contribution >= 4 is 5.71 Å². The second-order valence-electron chi connectivity index (χ2n) is 7.24. The monoisotopic (exact) mass is 357 g/mol. The third-order valence-electron chi connectivity index (χ3n) is 5.57. The number of hydrogen-bond donors (Lipinski definition) is 2. The normalized spacial score (nSPS) is 24.0. The molecule has 0 aliphatic carbocycles. The number of benzene rings is 3. The van der Waals surface area contributed by atoms with Crippen LogP contribution in [0.1, 0.15) is 35.2 Å². The highest BCUT2D eigenvalue weighted by atomic mass is 16.4. The lowest BCUT2D eigenvalue weighted by molar-refractivity contribution is -0.742. The lowest BCUT2D eigenvalue weighted by atomic mass is 9.77. The number of nitrogens with zero attached hydrogens (tertiary/aromatic N) is 1. The Morgan fingerprint density at radius 3 is 1.93 bits per heavy atom. The van der Waals surface area contributed by atoms with E-state index in [4.69, 9.17) is 0 Å². The summed E-state index contributed by atoms with van der Waals surface area (Å²) in [6, 6.07) is 32.1. The van der Waals surface area contributed by atoms with E-state index in [0.29, 0.717) is 0 Å². The molecule has 0 radical (unpaired) electrons. The van der Waals surface area contributed by atoms with Gasteiger partial charge in [0.05, 0.1) is 11.6 Å². The fourth-order valence-corrected chi connectivity index (χ4v) is 4.21. The molecule has 1 aliphatic rings. The predicted molar refractivity (Wildman–Crippen MR) is 108 cm³/mol. The lowest BCUT2D eigenvalue weighted by Crippen LogP contribution is -2.90. The summed E-state index contributed by atoms with van der Waals surface area (Å²) in [6.45, 7) is 0. The maximum atomic E-state index is 9.84. The minimum absolute atomic E-state index is 0.166. The molecule has 3 N–H and O–H groups in total. The van der Waals surface area contributed by atoms with Crippen molar-refractivity contribution in [2.24, 2.45) is 11.1 Å². The highest BCUT2D eigenvalue weighted by molar-refractivity contribution is 5.88. The molecule has 0 spiro atoms. The molecule has 3 atom stereocenters. The molecule has 1 aliphatic heterocycles. The van der Waals surface area contributed by atoms with Crippen molar-refractivity contribution in [3.8, 4) is 0 Å². The van der Waals surface area contributed by atoms with Gasteiger partial charge in [0, 0.05) is 17.5 Å². The molecule has 1 heterocycles. The summed E-state index contributed by atoms with van der Waals surface area (Å²) in [6.07, 6.45) is 1.64. The number of oxime groups is 1. The first-order valence-electron chi connectivity index (χ1n) is 9.55. The molecule has 136 valence electrons. The van der Waals surface area contributed by atoms with E-state index < -0.39 is 0 Å².